The summed E-state index contributed by atoms with van der Waals surface area (Å²) in [6, 6.07) is 0. The van der Waals surface area contributed by atoms with Gasteiger partial charge in [0, 0.05) is 21.0 Å². The van der Waals surface area contributed by atoms with Crippen LogP contribution < -0.4 is 5.32 Å². The van der Waals surface area contributed by atoms with Crippen LogP contribution in [0.25, 0.3) is 0 Å². The van der Waals surface area contributed by atoms with E-state index in [9.17, 15) is 9.59 Å². The molecule has 0 saturated heterocycles. The minimum absolute atomic E-state index is 0.0712. The van der Waals surface area contributed by atoms with Crippen LogP contribution in [0.5, 0.6) is 0 Å². The van der Waals surface area contributed by atoms with E-state index < -0.39 is 12.4 Å². The van der Waals surface area contributed by atoms with E-state index in [4.69, 9.17) is 4.74 Å². The molecule has 0 bridgehead atoms. The maximum atomic E-state index is 10.6. The van der Waals surface area contributed by atoms with Gasteiger partial charge in [-0.25, -0.2) is 0 Å². The minimum Gasteiger partial charge on any atom is -0.416 e. The van der Waals surface area contributed by atoms with Crippen LogP contribution in [0, 0.1) is 0 Å². The molecule has 0 heterocycles. The summed E-state index contributed by atoms with van der Waals surface area (Å²) in [5, 5.41) is 2.26. The predicted octanol–water partition coefficient (Wildman–Crippen LogP) is -0.410. The van der Waals surface area contributed by atoms with Gasteiger partial charge in [0.25, 0.3) is 6.41 Å². The van der Waals surface area contributed by atoms with Crippen LogP contribution in [-0.4, -0.2) is 32.2 Å². The Morgan fingerprint density at radius 3 is 2.38 bits per heavy atom. The zero-order valence-electron chi connectivity index (χ0n) is 7.83. The minimum atomic E-state index is -1.09. The SMILES string of the molecule is COCOC(NC(C)=O)OC(C)=O. The Kier molecular flexibility index (Phi) is 5.82. The molecule has 0 rings (SSSR count). The second-order valence-corrected chi connectivity index (χ2v) is 2.22. The first-order chi connectivity index (χ1) is 6.06. The van der Waals surface area contributed by atoms with Crippen molar-refractivity contribution in [3.05, 3.63) is 0 Å². The van der Waals surface area contributed by atoms with Crippen LogP contribution in [0.4, 0.5) is 0 Å². The number of carbonyl (C=O) groups is 2. The van der Waals surface area contributed by atoms with Gasteiger partial charge >= 0.3 is 5.97 Å². The van der Waals surface area contributed by atoms with Gasteiger partial charge in [0.05, 0.1) is 0 Å². The van der Waals surface area contributed by atoms with E-state index in [0.717, 1.165) is 0 Å². The molecule has 0 aromatic carbocycles. The molecule has 0 aromatic rings. The molecule has 0 saturated carbocycles. The lowest BCUT2D eigenvalue weighted by atomic mass is 10.7. The highest BCUT2D eigenvalue weighted by atomic mass is 16.8. The third-order valence-electron chi connectivity index (χ3n) is 0.931. The fourth-order valence-corrected chi connectivity index (χ4v) is 0.552. The lowest BCUT2D eigenvalue weighted by Gasteiger charge is -2.16. The third-order valence-corrected chi connectivity index (χ3v) is 0.931. The van der Waals surface area contributed by atoms with E-state index in [0.29, 0.717) is 0 Å². The van der Waals surface area contributed by atoms with E-state index in [1.807, 2.05) is 0 Å². The molecule has 0 radical (unpaired) electrons. The average Bonchev–Trinajstić information content (AvgIpc) is 1.98. The number of amides is 1. The summed E-state index contributed by atoms with van der Waals surface area (Å²) in [6.45, 7) is 2.43. The van der Waals surface area contributed by atoms with Gasteiger partial charge in [0.1, 0.15) is 0 Å². The van der Waals surface area contributed by atoms with Gasteiger partial charge < -0.3 is 9.47 Å². The smallest absolute Gasteiger partial charge is 0.306 e. The van der Waals surface area contributed by atoms with Crippen LogP contribution in [0.2, 0.25) is 0 Å². The number of hydrogen-bond donors (Lipinski definition) is 1. The van der Waals surface area contributed by atoms with Gasteiger partial charge in [-0.2, -0.15) is 0 Å². The summed E-state index contributed by atoms with van der Waals surface area (Å²) >= 11 is 0. The van der Waals surface area contributed by atoms with Crippen LogP contribution >= 0.6 is 0 Å². The molecular formula is C7H13NO5. The molecule has 6 nitrogen and oxygen atoms in total. The highest BCUT2D eigenvalue weighted by molar-refractivity contribution is 5.73. The van der Waals surface area contributed by atoms with E-state index in [1.54, 1.807) is 0 Å². The Labute approximate surface area is 76.1 Å². The monoisotopic (exact) mass is 191 g/mol. The molecule has 0 fully saturated rings. The summed E-state index contributed by atoms with van der Waals surface area (Å²) in [5.41, 5.74) is 0. The topological polar surface area (TPSA) is 73.9 Å². The summed E-state index contributed by atoms with van der Waals surface area (Å²) in [7, 11) is 1.42. The van der Waals surface area contributed by atoms with Crippen molar-refractivity contribution in [1.82, 2.24) is 5.32 Å². The van der Waals surface area contributed by atoms with Crippen LogP contribution in [-0.2, 0) is 23.8 Å². The lowest BCUT2D eigenvalue weighted by molar-refractivity contribution is -0.206. The molecule has 76 valence electrons. The molecule has 1 atom stereocenters. The third kappa shape index (κ3) is 7.23. The van der Waals surface area contributed by atoms with Crippen molar-refractivity contribution >= 4 is 11.9 Å². The molecule has 0 aliphatic carbocycles. The number of esters is 1. The maximum Gasteiger partial charge on any atom is 0.306 e. The van der Waals surface area contributed by atoms with Crippen LogP contribution in [0.3, 0.4) is 0 Å². The molecule has 0 aliphatic rings. The zero-order chi connectivity index (χ0) is 10.3. The quantitative estimate of drug-likeness (QED) is 0.472. The van der Waals surface area contributed by atoms with Crippen molar-refractivity contribution < 1.29 is 23.8 Å². The summed E-state index contributed by atoms with van der Waals surface area (Å²) in [4.78, 5) is 21.1. The molecule has 0 spiro atoms. The van der Waals surface area contributed by atoms with Gasteiger partial charge in [-0.05, 0) is 0 Å². The number of hydrogen-bond acceptors (Lipinski definition) is 5. The van der Waals surface area contributed by atoms with Crippen molar-refractivity contribution in [3.8, 4) is 0 Å². The highest BCUT2D eigenvalue weighted by Gasteiger charge is 2.12. The number of carbonyl (C=O) groups excluding carboxylic acids is 2. The molecular weight excluding hydrogens is 178 g/mol. The number of methoxy groups -OCH3 is 1. The standard InChI is InChI=1S/C7H13NO5/c1-5(9)8-7(12-4-11-3)13-6(2)10/h7H,4H2,1-3H3,(H,8,9). The average molecular weight is 191 g/mol. The van der Waals surface area contributed by atoms with E-state index in [2.05, 4.69) is 14.8 Å². The first-order valence-electron chi connectivity index (χ1n) is 3.61. The molecule has 6 heteroatoms. The Morgan fingerprint density at radius 2 is 2.00 bits per heavy atom. The van der Waals surface area contributed by atoms with Crippen molar-refractivity contribution in [2.24, 2.45) is 0 Å². The lowest BCUT2D eigenvalue weighted by Crippen LogP contribution is -2.39. The molecule has 0 aliphatic heterocycles. The molecule has 1 N–H and O–H groups in total. The largest absolute Gasteiger partial charge is 0.416 e. The zero-order valence-corrected chi connectivity index (χ0v) is 7.83. The van der Waals surface area contributed by atoms with Gasteiger partial charge in [-0.1, -0.05) is 0 Å². The van der Waals surface area contributed by atoms with Crippen LogP contribution in [0.1, 0.15) is 13.8 Å². The van der Waals surface area contributed by atoms with E-state index in [-0.39, 0.29) is 12.7 Å². The fourth-order valence-electron chi connectivity index (χ4n) is 0.552. The summed E-state index contributed by atoms with van der Waals surface area (Å²) in [5.74, 6) is -0.905. The van der Waals surface area contributed by atoms with Crippen molar-refractivity contribution in [2.75, 3.05) is 13.9 Å². The van der Waals surface area contributed by atoms with Gasteiger partial charge in [-0.15, -0.1) is 0 Å². The molecule has 0 aromatic heterocycles. The van der Waals surface area contributed by atoms with Gasteiger partial charge in [-0.3, -0.25) is 19.6 Å². The van der Waals surface area contributed by atoms with Gasteiger partial charge in [0.15, 0.2) is 6.79 Å². The Balaban J connectivity index is 3.87. The molecule has 1 unspecified atom stereocenters. The summed E-state index contributed by atoms with van der Waals surface area (Å²) < 4.78 is 14.0. The first kappa shape index (κ1) is 11.9. The maximum absolute atomic E-state index is 10.6. The van der Waals surface area contributed by atoms with Crippen molar-refractivity contribution in [3.63, 3.8) is 0 Å². The predicted molar refractivity (Wildman–Crippen MR) is 42.3 cm³/mol. The Bertz CT molecular complexity index is 166. The Hall–Kier alpha value is -1.14. The fraction of sp³-hybridized carbons (Fsp3) is 0.714. The van der Waals surface area contributed by atoms with Gasteiger partial charge in [0.2, 0.25) is 5.91 Å². The van der Waals surface area contributed by atoms with Crippen LogP contribution in [0.15, 0.2) is 0 Å². The van der Waals surface area contributed by atoms with E-state index >= 15 is 0 Å². The first-order valence-corrected chi connectivity index (χ1v) is 3.61. The number of rotatable bonds is 5. The number of nitrogens with one attached hydrogen (secondary N) is 1. The molecule has 1 amide bonds. The number of ether oxygens (including phenoxy) is 3. The van der Waals surface area contributed by atoms with Crippen molar-refractivity contribution in [1.29, 1.82) is 0 Å². The van der Waals surface area contributed by atoms with Crippen molar-refractivity contribution in [2.45, 2.75) is 20.3 Å². The normalized spacial score (nSPS) is 11.9. The second-order valence-electron chi connectivity index (χ2n) is 2.22. The highest BCUT2D eigenvalue weighted by Crippen LogP contribution is 1.91. The summed E-state index contributed by atoms with van der Waals surface area (Å²) in [6.07, 6.45) is -1.09. The second kappa shape index (κ2) is 6.38. The molecule has 13 heavy (non-hydrogen) atoms. The Morgan fingerprint density at radius 1 is 1.38 bits per heavy atom. The van der Waals surface area contributed by atoms with E-state index in [1.165, 1.54) is 21.0 Å².